The highest BCUT2D eigenvalue weighted by atomic mass is 31.1. The predicted molar refractivity (Wildman–Crippen MR) is 356 cm³/mol. The molecule has 0 atom stereocenters. The average Bonchev–Trinajstić information content (AvgIpc) is 3.61. The second-order valence-corrected chi connectivity index (χ2v) is 25.9. The lowest BCUT2D eigenvalue weighted by molar-refractivity contribution is 0.660. The molecule has 16 rings (SSSR count). The number of rotatable bonds is 9. The zero-order valence-corrected chi connectivity index (χ0v) is 47.9. The Morgan fingerprint density at radius 1 is 0.265 bits per heavy atom. The van der Waals surface area contributed by atoms with Crippen molar-refractivity contribution in [3.05, 3.63) is 307 Å². The molecule has 2 nitrogen and oxygen atoms in total. The third kappa shape index (κ3) is 7.78. The minimum atomic E-state index is -1.12. The summed E-state index contributed by atoms with van der Waals surface area (Å²) in [6.45, 7) is 9.53. The molecule has 1 aromatic heterocycles. The van der Waals surface area contributed by atoms with Crippen molar-refractivity contribution in [2.75, 3.05) is 9.80 Å². The second-order valence-electron chi connectivity index (χ2n) is 23.7. The van der Waals surface area contributed by atoms with Gasteiger partial charge in [-0.2, -0.15) is 0 Å². The summed E-state index contributed by atoms with van der Waals surface area (Å²) in [6.07, 6.45) is 0. The summed E-state index contributed by atoms with van der Waals surface area (Å²) in [5.41, 5.74) is 22.3. The minimum Gasteiger partial charge on any atom is -0.310 e. The van der Waals surface area contributed by atoms with Gasteiger partial charge in [0.05, 0.1) is 11.4 Å². The molecule has 0 spiro atoms. The van der Waals surface area contributed by atoms with Crippen molar-refractivity contribution in [1.29, 1.82) is 0 Å². The Balaban J connectivity index is 0.969. The zero-order valence-electron chi connectivity index (χ0n) is 47.0. The monoisotopic (exact) mass is 1080 g/mol. The fraction of sp³-hybridized carbons (Fsp3) is 0.0750. The molecule has 0 fully saturated rings. The number of anilines is 6. The SMILES string of the molecule is CC1(C)c2ccccc2-c2ccc(-c3ccc4c(c3)c3cc(-c5ccc6c(c5)C(C)(C)c5ccccc5-6)ccc3p4-c3cc(N(c4ccccc4)c4cccc5ccccc45)cc(N(c4ccccc4)c4cccc5ccccc45)c3)cc21. The first-order valence-corrected chi connectivity index (χ1v) is 30.4. The Hall–Kier alpha value is -9.72. The van der Waals surface area contributed by atoms with Crippen LogP contribution in [0.4, 0.5) is 34.1 Å². The van der Waals surface area contributed by atoms with Gasteiger partial charge in [0.2, 0.25) is 0 Å². The molecule has 3 heteroatoms. The molecular formula is C80H59N2P. The van der Waals surface area contributed by atoms with Gasteiger partial charge in [-0.1, -0.05) is 229 Å². The normalized spacial score (nSPS) is 13.5. The third-order valence-electron chi connectivity index (χ3n) is 18.3. The first-order valence-electron chi connectivity index (χ1n) is 29.1. The standard InChI is InChI=1S/C80H59N2P/c1-79(2)71-33-17-15-31-65(71)67-41-37-56(47-73(67)79)54-39-43-77-69(45-54)70-46-55(57-38-42-68-66-32-16-18-34-72(66)80(3,4)74(68)48-57)40-44-78(70)83(77)62-50-60(81(58-25-7-5-8-26-58)75-35-19-23-52-21-11-13-29-63(52)75)49-61(51-62)82(59-27-9-6-10-28-59)76-36-20-24-53-22-12-14-30-64(53)76/h5-51H,1-4H3. The van der Waals surface area contributed by atoms with Crippen LogP contribution in [-0.4, -0.2) is 0 Å². The summed E-state index contributed by atoms with van der Waals surface area (Å²) in [5.74, 6) is 0. The predicted octanol–water partition coefficient (Wildman–Crippen LogP) is 23.2. The van der Waals surface area contributed by atoms with Crippen molar-refractivity contribution in [3.8, 4) is 49.8 Å². The van der Waals surface area contributed by atoms with E-state index in [9.17, 15) is 0 Å². The quantitative estimate of drug-likeness (QED) is 0.142. The molecule has 14 aromatic rings. The highest BCUT2D eigenvalue weighted by Gasteiger charge is 2.37. The zero-order chi connectivity index (χ0) is 55.6. The van der Waals surface area contributed by atoms with Crippen molar-refractivity contribution in [2.24, 2.45) is 0 Å². The van der Waals surface area contributed by atoms with Crippen molar-refractivity contribution in [3.63, 3.8) is 0 Å². The lowest BCUT2D eigenvalue weighted by Crippen LogP contribution is -2.14. The first-order chi connectivity index (χ1) is 40.7. The van der Waals surface area contributed by atoms with Crippen LogP contribution in [0.5, 0.6) is 0 Å². The van der Waals surface area contributed by atoms with Gasteiger partial charge in [-0.25, -0.2) is 0 Å². The van der Waals surface area contributed by atoms with E-state index >= 15 is 0 Å². The van der Waals surface area contributed by atoms with E-state index < -0.39 is 7.53 Å². The summed E-state index contributed by atoms with van der Waals surface area (Å²) in [6, 6.07) is 107. The molecule has 1 heterocycles. The second kappa shape index (κ2) is 18.9. The molecule has 13 aromatic carbocycles. The topological polar surface area (TPSA) is 6.48 Å². The van der Waals surface area contributed by atoms with Crippen LogP contribution in [0.3, 0.4) is 0 Å². The third-order valence-corrected chi connectivity index (χ3v) is 20.8. The fourth-order valence-electron chi connectivity index (χ4n) is 14.2. The number of para-hydroxylation sites is 2. The van der Waals surface area contributed by atoms with Crippen LogP contribution < -0.4 is 9.80 Å². The van der Waals surface area contributed by atoms with Gasteiger partial charge in [0.1, 0.15) is 0 Å². The van der Waals surface area contributed by atoms with Crippen LogP contribution in [-0.2, 0) is 10.8 Å². The van der Waals surface area contributed by atoms with Crippen molar-refractivity contribution < 1.29 is 0 Å². The van der Waals surface area contributed by atoms with E-state index in [2.05, 4.69) is 323 Å². The number of hydrogen-bond donors (Lipinski definition) is 0. The van der Waals surface area contributed by atoms with Gasteiger partial charge >= 0.3 is 0 Å². The van der Waals surface area contributed by atoms with Crippen molar-refractivity contribution in [1.82, 2.24) is 0 Å². The van der Waals surface area contributed by atoms with E-state index in [0.717, 1.165) is 34.1 Å². The van der Waals surface area contributed by atoms with Crippen molar-refractivity contribution in [2.45, 2.75) is 38.5 Å². The summed E-state index contributed by atoms with van der Waals surface area (Å²) < 4.78 is 0. The van der Waals surface area contributed by atoms with Crippen LogP contribution in [0, 0.1) is 0 Å². The van der Waals surface area contributed by atoms with Crippen LogP contribution in [0.15, 0.2) is 285 Å². The number of fused-ring (bicyclic) bond motifs is 11. The molecule has 2 aliphatic carbocycles. The molecule has 83 heavy (non-hydrogen) atoms. The molecular weight excluding hydrogens is 1020 g/mol. The van der Waals surface area contributed by atoms with Crippen LogP contribution in [0.1, 0.15) is 49.9 Å². The van der Waals surface area contributed by atoms with E-state index in [4.69, 9.17) is 0 Å². The summed E-state index contributed by atoms with van der Waals surface area (Å²) in [7, 11) is -1.12. The van der Waals surface area contributed by atoms with Gasteiger partial charge in [0, 0.05) is 59.9 Å². The summed E-state index contributed by atoms with van der Waals surface area (Å²) >= 11 is 0. The van der Waals surface area contributed by atoms with E-state index in [1.807, 2.05) is 0 Å². The Morgan fingerprint density at radius 2 is 0.639 bits per heavy atom. The summed E-state index contributed by atoms with van der Waals surface area (Å²) in [5, 5.41) is 11.4. The van der Waals surface area contributed by atoms with Crippen molar-refractivity contribution >= 4 is 84.2 Å². The molecule has 2 aliphatic rings. The number of nitrogens with zero attached hydrogens (tertiary/aromatic N) is 2. The number of hydrogen-bond acceptors (Lipinski definition) is 2. The van der Waals surface area contributed by atoms with Gasteiger partial charge in [-0.05, 0) is 179 Å². The van der Waals surface area contributed by atoms with E-state index in [1.165, 1.54) is 115 Å². The minimum absolute atomic E-state index is 0.109. The Bertz CT molecular complexity index is 4610. The van der Waals surface area contributed by atoms with Gasteiger partial charge in [-0.3, -0.25) is 0 Å². The smallest absolute Gasteiger partial charge is 0.0540 e. The average molecular weight is 1080 g/mol. The van der Waals surface area contributed by atoms with E-state index in [0.29, 0.717) is 0 Å². The maximum Gasteiger partial charge on any atom is 0.0540 e. The highest BCUT2D eigenvalue weighted by molar-refractivity contribution is 7.68. The first kappa shape index (κ1) is 49.1. The Kier molecular flexibility index (Phi) is 11.2. The fourth-order valence-corrected chi connectivity index (χ4v) is 16.8. The molecule has 0 aliphatic heterocycles. The van der Waals surface area contributed by atoms with Gasteiger partial charge in [0.25, 0.3) is 0 Å². The van der Waals surface area contributed by atoms with Gasteiger partial charge in [-0.15, -0.1) is 0 Å². The molecule has 0 radical (unpaired) electrons. The summed E-state index contributed by atoms with van der Waals surface area (Å²) in [4.78, 5) is 4.98. The molecule has 0 unspecified atom stereocenters. The lowest BCUT2D eigenvalue weighted by atomic mass is 9.81. The molecule has 0 N–H and O–H groups in total. The maximum atomic E-state index is 2.52. The Morgan fingerprint density at radius 3 is 1.11 bits per heavy atom. The van der Waals surface area contributed by atoms with Gasteiger partial charge in [0.15, 0.2) is 0 Å². The lowest BCUT2D eigenvalue weighted by Gasteiger charge is -2.31. The molecule has 0 saturated carbocycles. The van der Waals surface area contributed by atoms with E-state index in [1.54, 1.807) is 0 Å². The van der Waals surface area contributed by atoms with Gasteiger partial charge < -0.3 is 9.80 Å². The van der Waals surface area contributed by atoms with E-state index in [-0.39, 0.29) is 10.8 Å². The number of benzene rings is 13. The Labute approximate surface area is 486 Å². The maximum absolute atomic E-state index is 2.52. The molecule has 0 bridgehead atoms. The molecule has 0 amide bonds. The largest absolute Gasteiger partial charge is 0.310 e. The molecule has 394 valence electrons. The van der Waals surface area contributed by atoms with Crippen LogP contribution >= 0.6 is 7.53 Å². The molecule has 0 saturated heterocycles. The van der Waals surface area contributed by atoms with Crippen LogP contribution in [0.25, 0.3) is 92.4 Å². The van der Waals surface area contributed by atoms with Crippen LogP contribution in [0.2, 0.25) is 0 Å². The highest BCUT2D eigenvalue weighted by Crippen LogP contribution is 2.60.